The van der Waals surface area contributed by atoms with Crippen LogP contribution < -0.4 is 5.32 Å². The molecule has 0 spiro atoms. The van der Waals surface area contributed by atoms with Gasteiger partial charge in [0.1, 0.15) is 11.7 Å². The lowest BCUT2D eigenvalue weighted by Gasteiger charge is -2.27. The van der Waals surface area contributed by atoms with Crippen LogP contribution in [0.1, 0.15) is 59.3 Å². The zero-order valence-corrected chi connectivity index (χ0v) is 12.4. The maximum absolute atomic E-state index is 11.9. The molecule has 0 radical (unpaired) electrons. The molecular formula is C15H27NO3. The first-order valence-corrected chi connectivity index (χ1v) is 7.55. The summed E-state index contributed by atoms with van der Waals surface area (Å²) in [5.41, 5.74) is -0.441. The Labute approximate surface area is 116 Å². The smallest absolute Gasteiger partial charge is 0.407 e. The minimum absolute atomic E-state index is 0.123. The van der Waals surface area contributed by atoms with E-state index in [9.17, 15) is 4.79 Å². The van der Waals surface area contributed by atoms with Gasteiger partial charge in [0.15, 0.2) is 0 Å². The van der Waals surface area contributed by atoms with Gasteiger partial charge < -0.3 is 14.8 Å². The Morgan fingerprint density at radius 2 is 1.95 bits per heavy atom. The molecule has 2 fully saturated rings. The van der Waals surface area contributed by atoms with Crippen LogP contribution in [-0.2, 0) is 9.47 Å². The Hall–Kier alpha value is -0.770. The van der Waals surface area contributed by atoms with E-state index in [1.807, 2.05) is 20.8 Å². The van der Waals surface area contributed by atoms with Crippen LogP contribution in [0.2, 0.25) is 0 Å². The third kappa shape index (κ3) is 5.39. The van der Waals surface area contributed by atoms with Crippen LogP contribution in [0.4, 0.5) is 4.79 Å². The van der Waals surface area contributed by atoms with Gasteiger partial charge in [-0.3, -0.25) is 0 Å². The Morgan fingerprint density at radius 1 is 1.32 bits per heavy atom. The van der Waals surface area contributed by atoms with Crippen LogP contribution in [0.25, 0.3) is 0 Å². The van der Waals surface area contributed by atoms with Gasteiger partial charge in [0.2, 0.25) is 0 Å². The maximum Gasteiger partial charge on any atom is 0.407 e. The van der Waals surface area contributed by atoms with Crippen LogP contribution in [-0.4, -0.2) is 30.4 Å². The summed E-state index contributed by atoms with van der Waals surface area (Å²) in [7, 11) is 0. The molecule has 4 nitrogen and oxygen atoms in total. The van der Waals surface area contributed by atoms with Gasteiger partial charge in [-0.05, 0) is 33.1 Å². The largest absolute Gasteiger partial charge is 0.444 e. The summed E-state index contributed by atoms with van der Waals surface area (Å²) in [5, 5.41) is 3.00. The summed E-state index contributed by atoms with van der Waals surface area (Å²) in [6.45, 7) is 6.43. The standard InChI is InChI=1S/C15H27NO3/c1-15(2,3)19-14(17)16-12(13-10-18-13)9-11-7-5-4-6-8-11/h11-13H,4-10H2,1-3H3,(H,16,17)/t12-,13-/m0/s1. The Kier molecular flexibility index (Phi) is 4.71. The van der Waals surface area contributed by atoms with E-state index in [0.717, 1.165) is 18.9 Å². The summed E-state index contributed by atoms with van der Waals surface area (Å²) >= 11 is 0. The molecule has 1 saturated carbocycles. The van der Waals surface area contributed by atoms with Crippen molar-refractivity contribution in [2.45, 2.75) is 77.0 Å². The van der Waals surface area contributed by atoms with Gasteiger partial charge in [-0.15, -0.1) is 0 Å². The normalized spacial score (nSPS) is 25.7. The molecule has 110 valence electrons. The summed E-state index contributed by atoms with van der Waals surface area (Å²) in [5.74, 6) is 0.734. The summed E-state index contributed by atoms with van der Waals surface area (Å²) in [4.78, 5) is 11.9. The van der Waals surface area contributed by atoms with E-state index in [0.29, 0.717) is 0 Å². The number of amides is 1. The van der Waals surface area contributed by atoms with Crippen LogP contribution in [0, 0.1) is 5.92 Å². The second-order valence-corrected chi connectivity index (χ2v) is 6.86. The number of carbonyl (C=O) groups excluding carboxylic acids is 1. The topological polar surface area (TPSA) is 50.9 Å². The zero-order valence-electron chi connectivity index (χ0n) is 12.4. The molecule has 2 rings (SSSR count). The molecule has 1 amide bonds. The number of rotatable bonds is 4. The van der Waals surface area contributed by atoms with Crippen molar-refractivity contribution in [1.82, 2.24) is 5.32 Å². The zero-order chi connectivity index (χ0) is 13.9. The van der Waals surface area contributed by atoms with Crippen molar-refractivity contribution < 1.29 is 14.3 Å². The monoisotopic (exact) mass is 269 g/mol. The van der Waals surface area contributed by atoms with Crippen molar-refractivity contribution in [3.63, 3.8) is 0 Å². The number of hydrogen-bond acceptors (Lipinski definition) is 3. The van der Waals surface area contributed by atoms with Gasteiger partial charge in [-0.25, -0.2) is 4.79 Å². The number of nitrogens with one attached hydrogen (secondary N) is 1. The van der Waals surface area contributed by atoms with E-state index in [-0.39, 0.29) is 18.2 Å². The van der Waals surface area contributed by atoms with Crippen LogP contribution in [0.3, 0.4) is 0 Å². The van der Waals surface area contributed by atoms with Gasteiger partial charge in [0.05, 0.1) is 12.6 Å². The molecule has 0 bridgehead atoms. The highest BCUT2D eigenvalue weighted by molar-refractivity contribution is 5.68. The van der Waals surface area contributed by atoms with Gasteiger partial charge in [-0.1, -0.05) is 32.1 Å². The first-order valence-electron chi connectivity index (χ1n) is 7.55. The fourth-order valence-corrected chi connectivity index (χ4v) is 2.83. The van der Waals surface area contributed by atoms with Gasteiger partial charge in [0, 0.05) is 0 Å². The summed E-state index contributed by atoms with van der Waals surface area (Å²) in [6.07, 6.45) is 7.52. The molecule has 1 aliphatic carbocycles. The highest BCUT2D eigenvalue weighted by atomic mass is 16.6. The number of epoxide rings is 1. The molecular weight excluding hydrogens is 242 g/mol. The number of carbonyl (C=O) groups is 1. The number of hydrogen-bond donors (Lipinski definition) is 1. The molecule has 1 aliphatic heterocycles. The van der Waals surface area contributed by atoms with Gasteiger partial charge in [-0.2, -0.15) is 0 Å². The fraction of sp³-hybridized carbons (Fsp3) is 0.933. The molecule has 2 aliphatic rings. The van der Waals surface area contributed by atoms with E-state index in [4.69, 9.17) is 9.47 Å². The molecule has 0 aromatic heterocycles. The minimum atomic E-state index is -0.441. The van der Waals surface area contributed by atoms with E-state index in [1.54, 1.807) is 0 Å². The second-order valence-electron chi connectivity index (χ2n) is 6.86. The summed E-state index contributed by atoms with van der Waals surface area (Å²) in [6, 6.07) is 0.123. The number of alkyl carbamates (subject to hydrolysis) is 1. The third-order valence-corrected chi connectivity index (χ3v) is 3.82. The van der Waals surface area contributed by atoms with Crippen molar-refractivity contribution >= 4 is 6.09 Å². The Balaban J connectivity index is 1.80. The highest BCUT2D eigenvalue weighted by Gasteiger charge is 2.36. The fourth-order valence-electron chi connectivity index (χ4n) is 2.83. The lowest BCUT2D eigenvalue weighted by molar-refractivity contribution is 0.0484. The highest BCUT2D eigenvalue weighted by Crippen LogP contribution is 2.30. The van der Waals surface area contributed by atoms with Crippen LogP contribution in [0.5, 0.6) is 0 Å². The first kappa shape index (κ1) is 14.6. The van der Waals surface area contributed by atoms with E-state index in [2.05, 4.69) is 5.32 Å². The quantitative estimate of drug-likeness (QED) is 0.797. The molecule has 0 unspecified atom stereocenters. The molecule has 1 heterocycles. The van der Waals surface area contributed by atoms with Gasteiger partial charge in [0.25, 0.3) is 0 Å². The van der Waals surface area contributed by atoms with Crippen LogP contribution in [0.15, 0.2) is 0 Å². The molecule has 2 atom stereocenters. The molecule has 4 heteroatoms. The molecule has 1 N–H and O–H groups in total. The average molecular weight is 269 g/mol. The molecule has 0 aromatic carbocycles. The predicted molar refractivity (Wildman–Crippen MR) is 74.1 cm³/mol. The Morgan fingerprint density at radius 3 is 2.47 bits per heavy atom. The molecule has 1 saturated heterocycles. The van der Waals surface area contributed by atoms with E-state index in [1.165, 1.54) is 32.1 Å². The SMILES string of the molecule is CC(C)(C)OC(=O)N[C@@H](CC1CCCCC1)[C@@H]1CO1. The maximum atomic E-state index is 11.9. The van der Waals surface area contributed by atoms with Crippen molar-refractivity contribution in [3.05, 3.63) is 0 Å². The molecule has 19 heavy (non-hydrogen) atoms. The van der Waals surface area contributed by atoms with E-state index >= 15 is 0 Å². The lowest BCUT2D eigenvalue weighted by atomic mass is 9.84. The van der Waals surface area contributed by atoms with Crippen molar-refractivity contribution in [3.8, 4) is 0 Å². The van der Waals surface area contributed by atoms with Crippen molar-refractivity contribution in [2.75, 3.05) is 6.61 Å². The Bertz CT molecular complexity index is 301. The third-order valence-electron chi connectivity index (χ3n) is 3.82. The van der Waals surface area contributed by atoms with Gasteiger partial charge >= 0.3 is 6.09 Å². The lowest BCUT2D eigenvalue weighted by Crippen LogP contribution is -2.43. The molecule has 0 aromatic rings. The van der Waals surface area contributed by atoms with Crippen molar-refractivity contribution in [2.24, 2.45) is 5.92 Å². The van der Waals surface area contributed by atoms with Crippen molar-refractivity contribution in [1.29, 1.82) is 0 Å². The summed E-state index contributed by atoms with van der Waals surface area (Å²) < 4.78 is 10.7. The minimum Gasteiger partial charge on any atom is -0.444 e. The first-order chi connectivity index (χ1) is 8.94. The van der Waals surface area contributed by atoms with E-state index < -0.39 is 5.60 Å². The van der Waals surface area contributed by atoms with Crippen LogP contribution >= 0.6 is 0 Å². The number of ether oxygens (including phenoxy) is 2. The second kappa shape index (κ2) is 6.12. The average Bonchev–Trinajstić information content (AvgIpc) is 3.10. The predicted octanol–water partition coefficient (Wildman–Crippen LogP) is 3.25.